The van der Waals surface area contributed by atoms with Gasteiger partial charge in [0.15, 0.2) is 0 Å². The number of rotatable bonds is 6. The van der Waals surface area contributed by atoms with E-state index < -0.39 is 0 Å². The number of nitrogens with one attached hydrogen (secondary N) is 1. The van der Waals surface area contributed by atoms with Crippen molar-refractivity contribution >= 4 is 17.2 Å². The molecule has 3 rings (SSSR count). The van der Waals surface area contributed by atoms with E-state index in [0.29, 0.717) is 17.9 Å². The quantitative estimate of drug-likeness (QED) is 0.848. The molecule has 1 fully saturated rings. The first-order chi connectivity index (χ1) is 11.5. The number of hydrogen-bond donors (Lipinski definition) is 1. The minimum absolute atomic E-state index is 0.0296. The molecule has 5 heteroatoms. The lowest BCUT2D eigenvalue weighted by atomic mass is 9.89. The van der Waals surface area contributed by atoms with Crippen LogP contribution in [0.3, 0.4) is 0 Å². The molecule has 128 valence electrons. The van der Waals surface area contributed by atoms with Gasteiger partial charge >= 0.3 is 0 Å². The summed E-state index contributed by atoms with van der Waals surface area (Å²) in [6, 6.07) is 7.35. The van der Waals surface area contributed by atoms with E-state index in [2.05, 4.69) is 17.2 Å². The zero-order valence-corrected chi connectivity index (χ0v) is 15.1. The van der Waals surface area contributed by atoms with Gasteiger partial charge < -0.3 is 10.1 Å². The second-order valence-electron chi connectivity index (χ2n) is 6.87. The molecule has 0 saturated heterocycles. The molecule has 0 spiro atoms. The third-order valence-corrected chi connectivity index (χ3v) is 5.46. The van der Waals surface area contributed by atoms with Crippen LogP contribution in [-0.2, 0) is 6.61 Å². The summed E-state index contributed by atoms with van der Waals surface area (Å²) in [5, 5.41) is 6.10. The van der Waals surface area contributed by atoms with Crippen LogP contribution in [0.2, 0.25) is 0 Å². The predicted molar refractivity (Wildman–Crippen MR) is 96.5 cm³/mol. The second kappa shape index (κ2) is 7.34. The van der Waals surface area contributed by atoms with E-state index in [1.54, 1.807) is 17.4 Å². The number of thiazole rings is 1. The van der Waals surface area contributed by atoms with Crippen LogP contribution in [0.15, 0.2) is 29.6 Å². The molecular formula is C19H24N2O2S. The molecule has 1 amide bonds. The Morgan fingerprint density at radius 2 is 2.17 bits per heavy atom. The van der Waals surface area contributed by atoms with Gasteiger partial charge in [0.25, 0.3) is 5.91 Å². The lowest BCUT2D eigenvalue weighted by molar-refractivity contribution is 0.0934. The molecule has 1 saturated carbocycles. The van der Waals surface area contributed by atoms with Gasteiger partial charge in [-0.1, -0.05) is 25.8 Å². The number of carbonyl (C=O) groups is 1. The molecule has 0 unspecified atom stereocenters. The summed E-state index contributed by atoms with van der Waals surface area (Å²) >= 11 is 1.61. The normalized spacial score (nSPS) is 16.1. The van der Waals surface area contributed by atoms with Crippen molar-refractivity contribution in [2.75, 3.05) is 6.54 Å². The third-order valence-electron chi connectivity index (χ3n) is 4.64. The number of carbonyl (C=O) groups excluding carboxylic acids is 1. The molecule has 1 heterocycles. The maximum atomic E-state index is 12.4. The first kappa shape index (κ1) is 17.0. The Hall–Kier alpha value is -1.88. The number of benzene rings is 1. The molecule has 24 heavy (non-hydrogen) atoms. The number of aryl methyl sites for hydroxylation is 1. The Morgan fingerprint density at radius 1 is 1.38 bits per heavy atom. The smallest absolute Gasteiger partial charge is 0.251 e. The standard InChI is InChI=1S/C19H24N2O2S/c1-14-21-16(12-24-14)11-23-17-7-5-6-15(10-17)18(22)20-13-19(2)8-3-4-9-19/h5-7,10,12H,3-4,8-9,11,13H2,1-2H3,(H,20,22). The molecule has 1 N–H and O–H groups in total. The SMILES string of the molecule is Cc1nc(COc2cccc(C(=O)NCC3(C)CCCC3)c2)cs1. The summed E-state index contributed by atoms with van der Waals surface area (Å²) in [6.07, 6.45) is 4.94. The summed E-state index contributed by atoms with van der Waals surface area (Å²) in [4.78, 5) is 16.8. The van der Waals surface area contributed by atoms with Crippen molar-refractivity contribution in [2.24, 2.45) is 5.41 Å². The van der Waals surface area contributed by atoms with E-state index in [-0.39, 0.29) is 11.3 Å². The molecule has 0 atom stereocenters. The highest BCUT2D eigenvalue weighted by molar-refractivity contribution is 7.09. The van der Waals surface area contributed by atoms with Crippen molar-refractivity contribution in [3.05, 3.63) is 45.9 Å². The molecule has 0 aliphatic heterocycles. The van der Waals surface area contributed by atoms with E-state index in [4.69, 9.17) is 4.74 Å². The van der Waals surface area contributed by atoms with E-state index in [1.807, 2.05) is 30.5 Å². The van der Waals surface area contributed by atoms with Crippen molar-refractivity contribution in [3.63, 3.8) is 0 Å². The zero-order chi connectivity index (χ0) is 17.0. The Bertz CT molecular complexity index is 705. The lowest BCUT2D eigenvalue weighted by Gasteiger charge is -2.23. The van der Waals surface area contributed by atoms with Gasteiger partial charge in [0, 0.05) is 17.5 Å². The summed E-state index contributed by atoms with van der Waals surface area (Å²) in [6.45, 7) is 5.40. The fraction of sp³-hybridized carbons (Fsp3) is 0.474. The van der Waals surface area contributed by atoms with E-state index >= 15 is 0 Å². The van der Waals surface area contributed by atoms with Gasteiger partial charge in [0.05, 0.1) is 10.7 Å². The average Bonchev–Trinajstić information content (AvgIpc) is 3.20. The van der Waals surface area contributed by atoms with Gasteiger partial charge in [0.1, 0.15) is 12.4 Å². The highest BCUT2D eigenvalue weighted by atomic mass is 32.1. The van der Waals surface area contributed by atoms with Crippen LogP contribution >= 0.6 is 11.3 Å². The molecule has 1 aliphatic carbocycles. The van der Waals surface area contributed by atoms with Gasteiger partial charge in [-0.15, -0.1) is 11.3 Å². The first-order valence-corrected chi connectivity index (χ1v) is 9.34. The topological polar surface area (TPSA) is 51.2 Å². The molecule has 0 radical (unpaired) electrons. The zero-order valence-electron chi connectivity index (χ0n) is 14.3. The van der Waals surface area contributed by atoms with Crippen molar-refractivity contribution < 1.29 is 9.53 Å². The maximum Gasteiger partial charge on any atom is 0.251 e. The van der Waals surface area contributed by atoms with Crippen molar-refractivity contribution in [2.45, 2.75) is 46.1 Å². The van der Waals surface area contributed by atoms with Crippen LogP contribution in [0, 0.1) is 12.3 Å². The summed E-state index contributed by atoms with van der Waals surface area (Å²) in [7, 11) is 0. The lowest BCUT2D eigenvalue weighted by Crippen LogP contribution is -2.34. The number of nitrogens with zero attached hydrogens (tertiary/aromatic N) is 1. The fourth-order valence-corrected chi connectivity index (χ4v) is 3.76. The van der Waals surface area contributed by atoms with E-state index in [0.717, 1.165) is 17.2 Å². The highest BCUT2D eigenvalue weighted by Gasteiger charge is 2.28. The number of ether oxygens (including phenoxy) is 1. The second-order valence-corrected chi connectivity index (χ2v) is 7.94. The van der Waals surface area contributed by atoms with Gasteiger partial charge in [0.2, 0.25) is 0 Å². The molecule has 4 nitrogen and oxygen atoms in total. The Morgan fingerprint density at radius 3 is 2.88 bits per heavy atom. The van der Waals surface area contributed by atoms with Crippen LogP contribution in [0.25, 0.3) is 0 Å². The van der Waals surface area contributed by atoms with E-state index in [1.165, 1.54) is 25.7 Å². The minimum Gasteiger partial charge on any atom is -0.487 e. The maximum absolute atomic E-state index is 12.4. The molecule has 1 aromatic heterocycles. The fourth-order valence-electron chi connectivity index (χ4n) is 3.16. The van der Waals surface area contributed by atoms with Gasteiger partial charge in [-0.05, 0) is 43.4 Å². The third kappa shape index (κ3) is 4.35. The number of amides is 1. The van der Waals surface area contributed by atoms with E-state index in [9.17, 15) is 4.79 Å². The van der Waals surface area contributed by atoms with Crippen LogP contribution < -0.4 is 10.1 Å². The van der Waals surface area contributed by atoms with Crippen LogP contribution in [0.5, 0.6) is 5.75 Å². The van der Waals surface area contributed by atoms with Crippen molar-refractivity contribution in [1.29, 1.82) is 0 Å². The molecule has 0 bridgehead atoms. The van der Waals surface area contributed by atoms with Crippen LogP contribution in [-0.4, -0.2) is 17.4 Å². The molecule has 1 aromatic carbocycles. The summed E-state index contributed by atoms with van der Waals surface area (Å²) < 4.78 is 5.76. The van der Waals surface area contributed by atoms with Crippen molar-refractivity contribution in [3.8, 4) is 5.75 Å². The van der Waals surface area contributed by atoms with Crippen LogP contribution in [0.4, 0.5) is 0 Å². The van der Waals surface area contributed by atoms with Crippen molar-refractivity contribution in [1.82, 2.24) is 10.3 Å². The Labute approximate surface area is 147 Å². The molecular weight excluding hydrogens is 320 g/mol. The minimum atomic E-state index is -0.0296. The van der Waals surface area contributed by atoms with Gasteiger partial charge in [-0.25, -0.2) is 4.98 Å². The van der Waals surface area contributed by atoms with Gasteiger partial charge in [-0.2, -0.15) is 0 Å². The Balaban J connectivity index is 1.56. The number of hydrogen-bond acceptors (Lipinski definition) is 4. The summed E-state index contributed by atoms with van der Waals surface area (Å²) in [5.74, 6) is 0.665. The molecule has 1 aliphatic rings. The van der Waals surface area contributed by atoms with Crippen LogP contribution in [0.1, 0.15) is 53.7 Å². The molecule has 2 aromatic rings. The largest absolute Gasteiger partial charge is 0.487 e. The van der Waals surface area contributed by atoms with Gasteiger partial charge in [-0.3, -0.25) is 4.79 Å². The average molecular weight is 344 g/mol. The summed E-state index contributed by atoms with van der Waals surface area (Å²) in [5.41, 5.74) is 1.82. The Kier molecular flexibility index (Phi) is 5.19. The first-order valence-electron chi connectivity index (χ1n) is 8.46. The monoisotopic (exact) mass is 344 g/mol. The number of aromatic nitrogens is 1. The predicted octanol–water partition coefficient (Wildman–Crippen LogP) is 4.34. The highest BCUT2D eigenvalue weighted by Crippen LogP contribution is 2.36.